The van der Waals surface area contributed by atoms with Gasteiger partial charge in [0.25, 0.3) is 0 Å². The van der Waals surface area contributed by atoms with E-state index >= 15 is 0 Å². The summed E-state index contributed by atoms with van der Waals surface area (Å²) in [5.41, 5.74) is 0.843. The summed E-state index contributed by atoms with van der Waals surface area (Å²) in [5, 5.41) is 2.92. The number of amides is 2. The number of nitrogens with zero attached hydrogens (tertiary/aromatic N) is 2. The molecule has 0 aliphatic carbocycles. The Labute approximate surface area is 208 Å². The lowest BCUT2D eigenvalue weighted by atomic mass is 10.1. The first-order chi connectivity index (χ1) is 16.7. The molecule has 2 aromatic rings. The van der Waals surface area contributed by atoms with Gasteiger partial charge in [-0.25, -0.2) is 12.8 Å². The van der Waals surface area contributed by atoms with E-state index in [1.54, 1.807) is 11.0 Å². The highest BCUT2D eigenvalue weighted by atomic mass is 32.2. The maximum Gasteiger partial charge on any atom is 0.242 e. The number of halogens is 1. The molecule has 1 atom stereocenters. The van der Waals surface area contributed by atoms with Crippen LogP contribution in [0.2, 0.25) is 0 Å². The molecule has 7 nitrogen and oxygen atoms in total. The Bertz CT molecular complexity index is 1060. The lowest BCUT2D eigenvalue weighted by molar-refractivity contribution is -0.141. The molecule has 0 bridgehead atoms. The summed E-state index contributed by atoms with van der Waals surface area (Å²) in [5.74, 6) is -1.10. The molecule has 0 aliphatic rings. The number of anilines is 1. The molecule has 0 radical (unpaired) electrons. The second-order valence-corrected chi connectivity index (χ2v) is 10.4. The largest absolute Gasteiger partial charge is 0.354 e. The van der Waals surface area contributed by atoms with Gasteiger partial charge >= 0.3 is 0 Å². The normalized spacial score (nSPS) is 12.1. The molecular formula is C26H36FN3O4S. The van der Waals surface area contributed by atoms with Gasteiger partial charge in [-0.1, -0.05) is 62.7 Å². The number of rotatable bonds is 14. The van der Waals surface area contributed by atoms with Crippen LogP contribution < -0.4 is 9.62 Å². The van der Waals surface area contributed by atoms with E-state index in [1.165, 1.54) is 18.2 Å². The van der Waals surface area contributed by atoms with Crippen LogP contribution in [-0.2, 0) is 26.2 Å². The average molecular weight is 506 g/mol. The summed E-state index contributed by atoms with van der Waals surface area (Å²) < 4.78 is 39.9. The third-order valence-corrected chi connectivity index (χ3v) is 6.86. The third kappa shape index (κ3) is 8.65. The van der Waals surface area contributed by atoms with Crippen molar-refractivity contribution in [3.63, 3.8) is 0 Å². The van der Waals surface area contributed by atoms with Crippen molar-refractivity contribution in [3.8, 4) is 0 Å². The van der Waals surface area contributed by atoms with E-state index in [2.05, 4.69) is 5.32 Å². The fourth-order valence-corrected chi connectivity index (χ4v) is 4.81. The fraction of sp³-hybridized carbons (Fsp3) is 0.462. The third-order valence-electron chi connectivity index (χ3n) is 5.68. The summed E-state index contributed by atoms with van der Waals surface area (Å²) in [6.45, 7) is 4.66. The molecule has 0 heterocycles. The molecule has 9 heteroatoms. The summed E-state index contributed by atoms with van der Waals surface area (Å²) in [6.07, 6.45) is 3.46. The molecule has 0 unspecified atom stereocenters. The number of carbonyl (C=O) groups excluding carboxylic acids is 2. The first kappa shape index (κ1) is 28.3. The Morgan fingerprint density at radius 2 is 1.66 bits per heavy atom. The molecule has 192 valence electrons. The smallest absolute Gasteiger partial charge is 0.242 e. The van der Waals surface area contributed by atoms with Gasteiger partial charge < -0.3 is 10.2 Å². The Morgan fingerprint density at radius 3 is 2.26 bits per heavy atom. The second kappa shape index (κ2) is 13.8. The average Bonchev–Trinajstić information content (AvgIpc) is 2.82. The number of unbranched alkanes of at least 4 members (excludes halogenated alkanes) is 1. The summed E-state index contributed by atoms with van der Waals surface area (Å²) in [6, 6.07) is 14.4. The fourth-order valence-electron chi connectivity index (χ4n) is 3.84. The van der Waals surface area contributed by atoms with Crippen LogP contribution in [0.4, 0.5) is 10.1 Å². The molecule has 2 amide bonds. The SMILES string of the molecule is CCCCNC(=O)[C@H](CC)N(Cc1ccccc1)C(=O)CCCN(c1ccccc1F)S(C)(=O)=O. The van der Waals surface area contributed by atoms with E-state index in [0.29, 0.717) is 13.0 Å². The molecular weight excluding hydrogens is 469 g/mol. The summed E-state index contributed by atoms with van der Waals surface area (Å²) in [4.78, 5) is 27.8. The van der Waals surface area contributed by atoms with Gasteiger partial charge in [0.2, 0.25) is 21.8 Å². The number of nitrogens with one attached hydrogen (secondary N) is 1. The van der Waals surface area contributed by atoms with Gasteiger partial charge in [0.15, 0.2) is 0 Å². The molecule has 2 aromatic carbocycles. The van der Waals surface area contributed by atoms with E-state index in [0.717, 1.165) is 29.0 Å². The highest BCUT2D eigenvalue weighted by molar-refractivity contribution is 7.92. The zero-order valence-electron chi connectivity index (χ0n) is 20.7. The lowest BCUT2D eigenvalue weighted by Gasteiger charge is -2.31. The number of carbonyl (C=O) groups is 2. The van der Waals surface area contributed by atoms with Gasteiger partial charge in [-0.3, -0.25) is 13.9 Å². The zero-order chi connectivity index (χ0) is 25.8. The van der Waals surface area contributed by atoms with Crippen LogP contribution in [0.5, 0.6) is 0 Å². The van der Waals surface area contributed by atoms with E-state index < -0.39 is 21.9 Å². The van der Waals surface area contributed by atoms with Gasteiger partial charge in [-0.05, 0) is 37.0 Å². The lowest BCUT2D eigenvalue weighted by Crippen LogP contribution is -2.49. The maximum atomic E-state index is 14.3. The second-order valence-electron chi connectivity index (χ2n) is 8.47. The number of sulfonamides is 1. The molecule has 0 spiro atoms. The predicted octanol–water partition coefficient (Wildman–Crippen LogP) is 4.10. The first-order valence-corrected chi connectivity index (χ1v) is 13.9. The quantitative estimate of drug-likeness (QED) is 0.392. The van der Waals surface area contributed by atoms with Crippen LogP contribution in [0, 0.1) is 5.82 Å². The Hall–Kier alpha value is -2.94. The van der Waals surface area contributed by atoms with Crippen molar-refractivity contribution >= 4 is 27.5 Å². The first-order valence-electron chi connectivity index (χ1n) is 12.0. The van der Waals surface area contributed by atoms with Crippen molar-refractivity contribution < 1.29 is 22.4 Å². The molecule has 0 saturated carbocycles. The maximum absolute atomic E-state index is 14.3. The summed E-state index contributed by atoms with van der Waals surface area (Å²) in [7, 11) is -3.75. The van der Waals surface area contributed by atoms with E-state index in [1.807, 2.05) is 44.2 Å². The molecule has 2 rings (SSSR count). The monoisotopic (exact) mass is 505 g/mol. The van der Waals surface area contributed by atoms with Crippen molar-refractivity contribution in [1.82, 2.24) is 10.2 Å². The number of hydrogen-bond acceptors (Lipinski definition) is 4. The van der Waals surface area contributed by atoms with Gasteiger partial charge in [-0.15, -0.1) is 0 Å². The Kier molecular flexibility index (Phi) is 11.2. The number of para-hydroxylation sites is 1. The van der Waals surface area contributed by atoms with Gasteiger partial charge in [0, 0.05) is 26.1 Å². The van der Waals surface area contributed by atoms with Crippen LogP contribution in [0.3, 0.4) is 0 Å². The van der Waals surface area contributed by atoms with Crippen LogP contribution >= 0.6 is 0 Å². The van der Waals surface area contributed by atoms with Crippen LogP contribution in [0.15, 0.2) is 54.6 Å². The topological polar surface area (TPSA) is 86.8 Å². The van der Waals surface area contributed by atoms with Crippen LogP contribution in [0.25, 0.3) is 0 Å². The van der Waals surface area contributed by atoms with E-state index in [4.69, 9.17) is 0 Å². The molecule has 0 saturated heterocycles. The van der Waals surface area contributed by atoms with Crippen molar-refractivity contribution in [3.05, 3.63) is 66.0 Å². The van der Waals surface area contributed by atoms with Crippen LogP contribution in [0.1, 0.15) is 51.5 Å². The molecule has 35 heavy (non-hydrogen) atoms. The number of benzene rings is 2. The molecule has 1 N–H and O–H groups in total. The Balaban J connectivity index is 2.17. The van der Waals surface area contributed by atoms with Gasteiger partial charge in [-0.2, -0.15) is 0 Å². The molecule has 0 fully saturated rings. The van der Waals surface area contributed by atoms with Crippen LogP contribution in [-0.4, -0.2) is 50.5 Å². The standard InChI is InChI=1S/C26H36FN3O4S/c1-4-6-18-28-26(32)23(5-2)29(20-21-13-8-7-9-14-21)25(31)17-12-19-30(35(3,33)34)24-16-11-10-15-22(24)27/h7-11,13-16,23H,4-6,12,17-20H2,1-3H3,(H,28,32)/t23-/m0/s1. The molecule has 0 aromatic heterocycles. The van der Waals surface area contributed by atoms with Crippen molar-refractivity contribution in [1.29, 1.82) is 0 Å². The number of hydrogen-bond donors (Lipinski definition) is 1. The molecule has 0 aliphatic heterocycles. The van der Waals surface area contributed by atoms with E-state index in [-0.39, 0.29) is 43.4 Å². The van der Waals surface area contributed by atoms with Gasteiger partial charge in [0.05, 0.1) is 11.9 Å². The van der Waals surface area contributed by atoms with Crippen molar-refractivity contribution in [2.24, 2.45) is 0 Å². The van der Waals surface area contributed by atoms with Crippen molar-refractivity contribution in [2.75, 3.05) is 23.7 Å². The highest BCUT2D eigenvalue weighted by Crippen LogP contribution is 2.22. The zero-order valence-corrected chi connectivity index (χ0v) is 21.6. The highest BCUT2D eigenvalue weighted by Gasteiger charge is 2.29. The predicted molar refractivity (Wildman–Crippen MR) is 137 cm³/mol. The summed E-state index contributed by atoms with van der Waals surface area (Å²) >= 11 is 0. The van der Waals surface area contributed by atoms with Crippen molar-refractivity contribution in [2.45, 2.75) is 58.5 Å². The minimum Gasteiger partial charge on any atom is -0.354 e. The van der Waals surface area contributed by atoms with E-state index in [9.17, 15) is 22.4 Å². The minimum absolute atomic E-state index is 0.0199. The Morgan fingerprint density at radius 1 is 1.00 bits per heavy atom. The minimum atomic E-state index is -3.75. The van der Waals surface area contributed by atoms with Gasteiger partial charge in [0.1, 0.15) is 11.9 Å².